The first kappa shape index (κ1) is 22.0. The number of aliphatic hydroxyl groups excluding tert-OH is 1. The first-order valence-electron chi connectivity index (χ1n) is 9.78. The van der Waals surface area contributed by atoms with Crippen LogP contribution in [0.5, 0.6) is 0 Å². The number of aliphatic hydroxyl groups is 1. The van der Waals surface area contributed by atoms with Crippen LogP contribution in [0.15, 0.2) is 12.3 Å². The van der Waals surface area contributed by atoms with Crippen LogP contribution in [-0.4, -0.2) is 55.3 Å². The van der Waals surface area contributed by atoms with Crippen molar-refractivity contribution in [2.75, 3.05) is 0 Å². The highest BCUT2D eigenvalue weighted by Crippen LogP contribution is 2.31. The molecular weight excluding hydrogens is 364 g/mol. The molecule has 156 valence electrons. The van der Waals surface area contributed by atoms with Crippen LogP contribution < -0.4 is 5.32 Å². The molecule has 0 aromatic carbocycles. The van der Waals surface area contributed by atoms with E-state index in [4.69, 9.17) is 4.74 Å². The van der Waals surface area contributed by atoms with E-state index in [-0.39, 0.29) is 18.4 Å². The van der Waals surface area contributed by atoms with Crippen molar-refractivity contribution in [2.24, 2.45) is 5.92 Å². The number of nitrogens with one attached hydrogen (secondary N) is 1. The number of hydrogen-bond donors (Lipinski definition) is 3. The number of nitrogens with zero attached hydrogens (tertiary/aromatic N) is 3. The fraction of sp³-hybridized carbons (Fsp3) is 0.684. The van der Waals surface area contributed by atoms with Crippen LogP contribution in [0.25, 0.3) is 5.70 Å². The summed E-state index contributed by atoms with van der Waals surface area (Å²) in [6, 6.07) is -0.568. The van der Waals surface area contributed by atoms with E-state index >= 15 is 0 Å². The quantitative estimate of drug-likeness (QED) is 0.582. The molecule has 1 aliphatic rings. The highest BCUT2D eigenvalue weighted by Gasteiger charge is 2.38. The molecule has 1 heterocycles. The number of ether oxygens (including phenoxy) is 1. The molecule has 0 fully saturated rings. The average molecular weight is 394 g/mol. The molecule has 2 rings (SSSR count). The predicted molar refractivity (Wildman–Crippen MR) is 102 cm³/mol. The van der Waals surface area contributed by atoms with E-state index in [1.807, 2.05) is 20.8 Å². The van der Waals surface area contributed by atoms with E-state index < -0.39 is 30.1 Å². The maximum Gasteiger partial charge on any atom is 0.310 e. The fourth-order valence-corrected chi connectivity index (χ4v) is 3.36. The summed E-state index contributed by atoms with van der Waals surface area (Å²) >= 11 is 0. The highest BCUT2D eigenvalue weighted by molar-refractivity contribution is 5.79. The Labute approximate surface area is 164 Å². The Morgan fingerprint density at radius 2 is 2.00 bits per heavy atom. The Morgan fingerprint density at radius 3 is 2.54 bits per heavy atom. The number of carbonyl (C=O) groups excluding carboxylic acids is 1. The second-order valence-electron chi connectivity index (χ2n) is 7.08. The van der Waals surface area contributed by atoms with Crippen molar-refractivity contribution in [3.05, 3.63) is 18.0 Å². The average Bonchev–Trinajstić information content (AvgIpc) is 3.15. The maximum atomic E-state index is 11.8. The maximum absolute atomic E-state index is 11.8. The Morgan fingerprint density at radius 1 is 1.32 bits per heavy atom. The zero-order valence-electron chi connectivity index (χ0n) is 16.8. The molecule has 1 amide bonds. The van der Waals surface area contributed by atoms with Gasteiger partial charge in [-0.15, -0.1) is 5.10 Å². The van der Waals surface area contributed by atoms with E-state index in [9.17, 15) is 19.8 Å². The summed E-state index contributed by atoms with van der Waals surface area (Å²) < 4.78 is 7.60. The van der Waals surface area contributed by atoms with Crippen molar-refractivity contribution >= 4 is 17.6 Å². The third kappa shape index (κ3) is 5.17. The van der Waals surface area contributed by atoms with Gasteiger partial charge in [-0.05, 0) is 31.8 Å². The summed E-state index contributed by atoms with van der Waals surface area (Å²) in [7, 11) is 0. The van der Waals surface area contributed by atoms with Gasteiger partial charge in [0, 0.05) is 6.92 Å². The van der Waals surface area contributed by atoms with Crippen LogP contribution in [0.1, 0.15) is 65.2 Å². The molecule has 4 atom stereocenters. The summed E-state index contributed by atoms with van der Waals surface area (Å²) in [5.41, 5.74) is 0.867. The van der Waals surface area contributed by atoms with Crippen molar-refractivity contribution in [1.82, 2.24) is 20.3 Å². The van der Waals surface area contributed by atoms with Gasteiger partial charge in [0.1, 0.15) is 5.69 Å². The standard InChI is InChI=1S/C19H30N4O5/c1-5-13(6-2)28-17-9-12(19(26)27)8-15(18(17)20-11(4)24)23-10-14(21-22-23)16(25)7-3/h8,10,12-13,16-18,25H,5-7,9H2,1-4H3,(H,20,24)(H,26,27)/t12?,16?,17-,18-/m1/s1. The molecule has 0 radical (unpaired) electrons. The van der Waals surface area contributed by atoms with Crippen molar-refractivity contribution in [3.8, 4) is 0 Å². The van der Waals surface area contributed by atoms with E-state index in [0.717, 1.165) is 12.8 Å². The van der Waals surface area contributed by atoms with Gasteiger partial charge >= 0.3 is 5.97 Å². The lowest BCUT2D eigenvalue weighted by Crippen LogP contribution is -2.50. The smallest absolute Gasteiger partial charge is 0.310 e. The number of aliphatic carboxylic acids is 1. The number of carboxylic acids is 1. The minimum Gasteiger partial charge on any atom is -0.481 e. The highest BCUT2D eigenvalue weighted by atomic mass is 16.5. The number of aromatic nitrogens is 3. The van der Waals surface area contributed by atoms with Gasteiger partial charge in [-0.25, -0.2) is 4.68 Å². The number of carboxylic acid groups (broad SMARTS) is 1. The zero-order valence-corrected chi connectivity index (χ0v) is 16.8. The molecule has 1 aromatic rings. The molecule has 9 heteroatoms. The normalized spacial score (nSPS) is 23.4. The second kappa shape index (κ2) is 9.79. The molecule has 1 aromatic heterocycles. The molecule has 1 aliphatic carbocycles. The largest absolute Gasteiger partial charge is 0.481 e. The van der Waals surface area contributed by atoms with Gasteiger partial charge in [0.25, 0.3) is 0 Å². The minimum absolute atomic E-state index is 0.0386. The number of carbonyl (C=O) groups is 2. The summed E-state index contributed by atoms with van der Waals surface area (Å²) in [6.07, 6.45) is 4.12. The number of amides is 1. The summed E-state index contributed by atoms with van der Waals surface area (Å²) in [5, 5.41) is 30.5. The minimum atomic E-state index is -0.967. The predicted octanol–water partition coefficient (Wildman–Crippen LogP) is 1.75. The van der Waals surface area contributed by atoms with Gasteiger partial charge in [0.05, 0.1) is 42.2 Å². The van der Waals surface area contributed by atoms with Crippen molar-refractivity contribution in [3.63, 3.8) is 0 Å². The number of hydrogen-bond acceptors (Lipinski definition) is 6. The molecule has 9 nitrogen and oxygen atoms in total. The van der Waals surface area contributed by atoms with Crippen LogP contribution in [0.2, 0.25) is 0 Å². The first-order chi connectivity index (χ1) is 13.3. The summed E-state index contributed by atoms with van der Waals surface area (Å²) in [5.74, 6) is -1.99. The Hall–Kier alpha value is -2.26. The van der Waals surface area contributed by atoms with Gasteiger partial charge in [0.2, 0.25) is 5.91 Å². The molecule has 0 saturated heterocycles. The van der Waals surface area contributed by atoms with Crippen LogP contribution >= 0.6 is 0 Å². The topological polar surface area (TPSA) is 127 Å². The lowest BCUT2D eigenvalue weighted by atomic mass is 9.87. The molecular formula is C19H30N4O5. The monoisotopic (exact) mass is 394 g/mol. The lowest BCUT2D eigenvalue weighted by Gasteiger charge is -2.36. The third-order valence-corrected chi connectivity index (χ3v) is 5.01. The van der Waals surface area contributed by atoms with E-state index in [1.165, 1.54) is 11.6 Å². The van der Waals surface area contributed by atoms with E-state index in [2.05, 4.69) is 15.6 Å². The lowest BCUT2D eigenvalue weighted by molar-refractivity contribution is -0.142. The molecule has 2 unspecified atom stereocenters. The molecule has 0 bridgehead atoms. The van der Waals surface area contributed by atoms with Gasteiger partial charge in [-0.2, -0.15) is 0 Å². The zero-order chi connectivity index (χ0) is 20.8. The van der Waals surface area contributed by atoms with Gasteiger partial charge < -0.3 is 20.3 Å². The third-order valence-electron chi connectivity index (χ3n) is 5.01. The van der Waals surface area contributed by atoms with Gasteiger partial charge in [-0.3, -0.25) is 9.59 Å². The Bertz CT molecular complexity index is 713. The SMILES string of the molecule is CCC(CC)O[C@@H]1CC(C(=O)O)C=C(n2cc(C(O)CC)nn2)[C@H]1NC(C)=O. The molecule has 0 spiro atoms. The summed E-state index contributed by atoms with van der Waals surface area (Å²) in [4.78, 5) is 23.6. The number of rotatable bonds is 9. The van der Waals surface area contributed by atoms with Gasteiger partial charge in [0.15, 0.2) is 0 Å². The van der Waals surface area contributed by atoms with Crippen LogP contribution in [0, 0.1) is 5.92 Å². The Kier molecular flexibility index (Phi) is 7.70. The Balaban J connectivity index is 2.45. The molecule has 28 heavy (non-hydrogen) atoms. The molecule has 3 N–H and O–H groups in total. The van der Waals surface area contributed by atoms with E-state index in [1.54, 1.807) is 12.3 Å². The molecule has 0 aliphatic heterocycles. The van der Waals surface area contributed by atoms with Crippen LogP contribution in [0.4, 0.5) is 0 Å². The van der Waals surface area contributed by atoms with Crippen molar-refractivity contribution in [2.45, 2.75) is 77.7 Å². The summed E-state index contributed by atoms with van der Waals surface area (Å²) in [6.45, 7) is 7.24. The van der Waals surface area contributed by atoms with Crippen LogP contribution in [0.3, 0.4) is 0 Å². The van der Waals surface area contributed by atoms with Crippen molar-refractivity contribution in [1.29, 1.82) is 0 Å². The second-order valence-corrected chi connectivity index (χ2v) is 7.08. The van der Waals surface area contributed by atoms with Gasteiger partial charge in [-0.1, -0.05) is 26.0 Å². The fourth-order valence-electron chi connectivity index (χ4n) is 3.36. The van der Waals surface area contributed by atoms with Crippen LogP contribution in [-0.2, 0) is 14.3 Å². The van der Waals surface area contributed by atoms with E-state index in [0.29, 0.717) is 17.8 Å². The molecule has 0 saturated carbocycles. The first-order valence-corrected chi connectivity index (χ1v) is 9.78. The van der Waals surface area contributed by atoms with Crippen molar-refractivity contribution < 1.29 is 24.5 Å².